The summed E-state index contributed by atoms with van der Waals surface area (Å²) in [7, 11) is 4.01. The molecular formula is C22H34FN3O2. The van der Waals surface area contributed by atoms with E-state index in [1.165, 1.54) is 12.1 Å². The largest absolute Gasteiger partial charge is 0.396 e. The number of aliphatic hydroxyl groups excluding tert-OH is 1. The number of hydrogen-bond acceptors (Lipinski definition) is 3. The monoisotopic (exact) mass is 391 g/mol. The number of nitrogens with one attached hydrogen (secondary N) is 1. The molecule has 2 amide bonds. The number of aliphatic hydroxyl groups is 1. The fourth-order valence-electron chi connectivity index (χ4n) is 5.14. The average Bonchev–Trinajstić information content (AvgIpc) is 3.16. The van der Waals surface area contributed by atoms with Crippen LogP contribution in [0, 0.1) is 11.2 Å². The summed E-state index contributed by atoms with van der Waals surface area (Å²) in [5.41, 5.74) is 0.764. The first kappa shape index (κ1) is 21.1. The third kappa shape index (κ3) is 4.66. The molecule has 0 radical (unpaired) electrons. The van der Waals surface area contributed by atoms with Gasteiger partial charge in [0.2, 0.25) is 0 Å². The fourth-order valence-corrected chi connectivity index (χ4v) is 5.14. The summed E-state index contributed by atoms with van der Waals surface area (Å²) in [5.74, 6) is -0.226. The summed E-state index contributed by atoms with van der Waals surface area (Å²) in [5, 5.41) is 13.2. The minimum absolute atomic E-state index is 0.0512. The Morgan fingerprint density at radius 2 is 1.86 bits per heavy atom. The average molecular weight is 392 g/mol. The number of halogens is 1. The van der Waals surface area contributed by atoms with Crippen LogP contribution in [-0.4, -0.2) is 67.8 Å². The molecule has 28 heavy (non-hydrogen) atoms. The van der Waals surface area contributed by atoms with E-state index in [2.05, 4.69) is 10.2 Å². The third-order valence-electron chi connectivity index (χ3n) is 6.53. The van der Waals surface area contributed by atoms with Gasteiger partial charge in [0.25, 0.3) is 0 Å². The Hall–Kier alpha value is -1.66. The first-order valence-electron chi connectivity index (χ1n) is 10.4. The van der Waals surface area contributed by atoms with E-state index >= 15 is 0 Å². The van der Waals surface area contributed by atoms with E-state index in [1.54, 1.807) is 0 Å². The van der Waals surface area contributed by atoms with E-state index in [9.17, 15) is 14.3 Å². The van der Waals surface area contributed by atoms with E-state index in [-0.39, 0.29) is 29.3 Å². The van der Waals surface area contributed by atoms with Crippen LogP contribution >= 0.6 is 0 Å². The van der Waals surface area contributed by atoms with Crippen LogP contribution in [0.1, 0.15) is 44.1 Å². The molecule has 2 N–H and O–H groups in total. The number of amides is 2. The van der Waals surface area contributed by atoms with Crippen LogP contribution in [0.3, 0.4) is 0 Å². The maximum atomic E-state index is 13.4. The molecule has 0 spiro atoms. The van der Waals surface area contributed by atoms with Gasteiger partial charge >= 0.3 is 6.03 Å². The zero-order valence-corrected chi connectivity index (χ0v) is 17.2. The van der Waals surface area contributed by atoms with Crippen molar-refractivity contribution in [1.29, 1.82) is 0 Å². The number of nitrogens with zero attached hydrogens (tertiary/aromatic N) is 2. The number of likely N-dealkylation sites (tertiary alicyclic amines) is 1. The number of carbonyl (C=O) groups excluding carboxylic acids is 1. The van der Waals surface area contributed by atoms with Gasteiger partial charge < -0.3 is 20.2 Å². The lowest BCUT2D eigenvalue weighted by molar-refractivity contribution is 0.0269. The van der Waals surface area contributed by atoms with Crippen LogP contribution in [0.25, 0.3) is 0 Å². The molecule has 2 aliphatic rings. The van der Waals surface area contributed by atoms with Crippen molar-refractivity contribution < 1.29 is 14.3 Å². The molecule has 0 bridgehead atoms. The second-order valence-corrected chi connectivity index (χ2v) is 9.07. The van der Waals surface area contributed by atoms with E-state index in [4.69, 9.17) is 0 Å². The Morgan fingerprint density at radius 1 is 1.18 bits per heavy atom. The second kappa shape index (κ2) is 8.78. The number of benzene rings is 1. The molecule has 1 heterocycles. The summed E-state index contributed by atoms with van der Waals surface area (Å²) in [6, 6.07) is 6.70. The van der Waals surface area contributed by atoms with Gasteiger partial charge in [-0.05, 0) is 57.5 Å². The van der Waals surface area contributed by atoms with Crippen LogP contribution < -0.4 is 5.32 Å². The molecule has 0 aromatic heterocycles. The van der Waals surface area contributed by atoms with Crippen molar-refractivity contribution in [2.45, 2.75) is 43.9 Å². The van der Waals surface area contributed by atoms with Gasteiger partial charge in [0, 0.05) is 37.0 Å². The van der Waals surface area contributed by atoms with Crippen LogP contribution in [0.2, 0.25) is 0 Å². The molecule has 1 aliphatic heterocycles. The van der Waals surface area contributed by atoms with Crippen molar-refractivity contribution in [3.63, 3.8) is 0 Å². The molecule has 1 aromatic carbocycles. The van der Waals surface area contributed by atoms with Gasteiger partial charge in [-0.1, -0.05) is 25.0 Å². The van der Waals surface area contributed by atoms with Crippen molar-refractivity contribution >= 4 is 6.03 Å². The Bertz CT molecular complexity index is 658. The van der Waals surface area contributed by atoms with Gasteiger partial charge in [0.05, 0.1) is 6.61 Å². The summed E-state index contributed by atoms with van der Waals surface area (Å²) < 4.78 is 13.4. The molecule has 5 nitrogen and oxygen atoms in total. The summed E-state index contributed by atoms with van der Waals surface area (Å²) in [4.78, 5) is 16.9. The highest BCUT2D eigenvalue weighted by molar-refractivity contribution is 5.74. The summed E-state index contributed by atoms with van der Waals surface area (Å²) >= 11 is 0. The molecule has 1 saturated heterocycles. The molecule has 1 aliphatic carbocycles. The molecule has 2 fully saturated rings. The van der Waals surface area contributed by atoms with Gasteiger partial charge in [-0.2, -0.15) is 0 Å². The number of urea groups is 1. The summed E-state index contributed by atoms with van der Waals surface area (Å²) in [6.45, 7) is 2.75. The SMILES string of the molecule is CN(C)C[C@@]1(CO)CCCN(C(=O)NCC2(c3ccc(F)cc3)CCCC2)C1. The predicted molar refractivity (Wildman–Crippen MR) is 109 cm³/mol. The molecule has 1 saturated carbocycles. The normalized spacial score (nSPS) is 24.5. The smallest absolute Gasteiger partial charge is 0.317 e. The standard InChI is InChI=1S/C22H34FN3O2/c1-25(2)15-21(17-27)10-5-13-26(16-21)20(28)24-14-22(11-3-4-12-22)18-6-8-19(23)9-7-18/h6-9,27H,3-5,10-17H2,1-2H3,(H,24,28)/t21-/m0/s1. The molecule has 1 atom stereocenters. The highest BCUT2D eigenvalue weighted by atomic mass is 19.1. The maximum Gasteiger partial charge on any atom is 0.317 e. The third-order valence-corrected chi connectivity index (χ3v) is 6.53. The van der Waals surface area contributed by atoms with Crippen molar-refractivity contribution in [2.24, 2.45) is 5.41 Å². The van der Waals surface area contributed by atoms with Gasteiger partial charge in [-0.25, -0.2) is 9.18 Å². The molecule has 6 heteroatoms. The van der Waals surface area contributed by atoms with E-state index < -0.39 is 0 Å². The molecule has 3 rings (SSSR count). The Balaban J connectivity index is 1.65. The van der Waals surface area contributed by atoms with Gasteiger partial charge in [-0.15, -0.1) is 0 Å². The van der Waals surface area contributed by atoms with E-state index in [0.29, 0.717) is 13.1 Å². The number of rotatable bonds is 6. The van der Waals surface area contributed by atoms with Gasteiger partial charge in [-0.3, -0.25) is 0 Å². The van der Waals surface area contributed by atoms with E-state index in [1.807, 2.05) is 31.1 Å². The first-order chi connectivity index (χ1) is 13.4. The molecule has 156 valence electrons. The Kier molecular flexibility index (Phi) is 6.61. The van der Waals surface area contributed by atoms with Crippen molar-refractivity contribution in [2.75, 3.05) is 46.9 Å². The van der Waals surface area contributed by atoms with Crippen LogP contribution in [0.4, 0.5) is 9.18 Å². The fraction of sp³-hybridized carbons (Fsp3) is 0.682. The van der Waals surface area contributed by atoms with Crippen LogP contribution in [0.15, 0.2) is 24.3 Å². The molecule has 1 aromatic rings. The lowest BCUT2D eigenvalue weighted by Crippen LogP contribution is -2.55. The van der Waals surface area contributed by atoms with Gasteiger partial charge in [0.1, 0.15) is 5.82 Å². The topological polar surface area (TPSA) is 55.8 Å². The van der Waals surface area contributed by atoms with Gasteiger partial charge in [0.15, 0.2) is 0 Å². The first-order valence-corrected chi connectivity index (χ1v) is 10.4. The lowest BCUT2D eigenvalue weighted by atomic mass is 9.78. The highest BCUT2D eigenvalue weighted by Gasteiger charge is 2.39. The molecule has 0 unspecified atom stereocenters. The zero-order valence-electron chi connectivity index (χ0n) is 17.2. The number of piperidine rings is 1. The minimum Gasteiger partial charge on any atom is -0.396 e. The van der Waals surface area contributed by atoms with Crippen molar-refractivity contribution in [3.8, 4) is 0 Å². The lowest BCUT2D eigenvalue weighted by Gasteiger charge is -2.43. The number of carbonyl (C=O) groups is 1. The highest BCUT2D eigenvalue weighted by Crippen LogP contribution is 2.40. The quantitative estimate of drug-likeness (QED) is 0.784. The molecular weight excluding hydrogens is 357 g/mol. The van der Waals surface area contributed by atoms with Crippen LogP contribution in [0.5, 0.6) is 0 Å². The van der Waals surface area contributed by atoms with E-state index in [0.717, 1.165) is 57.2 Å². The van der Waals surface area contributed by atoms with Crippen molar-refractivity contribution in [1.82, 2.24) is 15.1 Å². The zero-order chi connectivity index (χ0) is 20.2. The minimum atomic E-state index is -0.249. The number of hydrogen-bond donors (Lipinski definition) is 2. The summed E-state index contributed by atoms with van der Waals surface area (Å²) in [6.07, 6.45) is 6.14. The predicted octanol–water partition coefficient (Wildman–Crippen LogP) is 2.98. The maximum absolute atomic E-state index is 13.4. The van der Waals surface area contributed by atoms with Crippen LogP contribution in [-0.2, 0) is 5.41 Å². The Morgan fingerprint density at radius 3 is 2.46 bits per heavy atom. The van der Waals surface area contributed by atoms with Crippen molar-refractivity contribution in [3.05, 3.63) is 35.6 Å². The second-order valence-electron chi connectivity index (χ2n) is 9.07. The Labute approximate surface area is 167 Å².